The van der Waals surface area contributed by atoms with E-state index in [1.807, 2.05) is 22.9 Å². The highest BCUT2D eigenvalue weighted by Gasteiger charge is 2.19. The van der Waals surface area contributed by atoms with Gasteiger partial charge in [-0.25, -0.2) is 4.68 Å². The third kappa shape index (κ3) is 3.76. The molecule has 3 aromatic rings. The molecule has 0 spiro atoms. The molecule has 0 amide bonds. The Morgan fingerprint density at radius 1 is 1.12 bits per heavy atom. The molecule has 3 N–H and O–H groups in total. The largest absolute Gasteiger partial charge is 0.384 e. The average molecular weight is 367 g/mol. The zero-order valence-electron chi connectivity index (χ0n) is 14.7. The Morgan fingerprint density at radius 3 is 2.73 bits per heavy atom. The van der Waals surface area contributed by atoms with Crippen molar-refractivity contribution < 1.29 is 0 Å². The lowest BCUT2D eigenvalue weighted by Crippen LogP contribution is -2.32. The van der Waals surface area contributed by atoms with Crippen LogP contribution in [0.2, 0.25) is 5.02 Å². The van der Waals surface area contributed by atoms with Crippen LogP contribution >= 0.6 is 11.6 Å². The third-order valence-electron chi connectivity index (χ3n) is 4.93. The lowest BCUT2D eigenvalue weighted by atomic mass is 10.0. The summed E-state index contributed by atoms with van der Waals surface area (Å²) in [7, 11) is 0. The van der Waals surface area contributed by atoms with Gasteiger partial charge in [-0.2, -0.15) is 5.10 Å². The molecule has 0 saturated carbocycles. The summed E-state index contributed by atoms with van der Waals surface area (Å²) in [5.74, 6) is 0.733. The molecular weight excluding hydrogens is 344 g/mol. The van der Waals surface area contributed by atoms with Gasteiger partial charge in [0.05, 0.1) is 11.7 Å². The number of piperidine rings is 1. The van der Waals surface area contributed by atoms with Crippen LogP contribution in [0.3, 0.4) is 0 Å². The molecule has 1 aromatic heterocycles. The van der Waals surface area contributed by atoms with E-state index in [2.05, 4.69) is 41.7 Å². The number of nitrogen functional groups attached to an aromatic ring is 1. The van der Waals surface area contributed by atoms with E-state index in [0.29, 0.717) is 6.04 Å². The molecule has 1 fully saturated rings. The van der Waals surface area contributed by atoms with Crippen molar-refractivity contribution in [3.63, 3.8) is 0 Å². The smallest absolute Gasteiger partial charge is 0.122 e. The van der Waals surface area contributed by atoms with E-state index in [4.69, 9.17) is 22.4 Å². The molecular formula is C21H23ClN4. The van der Waals surface area contributed by atoms with Gasteiger partial charge in [-0.1, -0.05) is 41.9 Å². The molecule has 1 aliphatic rings. The van der Waals surface area contributed by atoms with Crippen LogP contribution in [0.1, 0.15) is 30.0 Å². The van der Waals surface area contributed by atoms with Crippen molar-refractivity contribution in [1.29, 1.82) is 0 Å². The Hall–Kier alpha value is -2.30. The van der Waals surface area contributed by atoms with Crippen LogP contribution in [0, 0.1) is 0 Å². The topological polar surface area (TPSA) is 55.9 Å². The van der Waals surface area contributed by atoms with Gasteiger partial charge in [-0.15, -0.1) is 0 Å². The maximum atomic E-state index is 6.25. The first-order valence-corrected chi connectivity index (χ1v) is 9.46. The van der Waals surface area contributed by atoms with Crippen LogP contribution < -0.4 is 11.1 Å². The molecule has 4 rings (SSSR count). The minimum atomic E-state index is 0.342. The van der Waals surface area contributed by atoms with E-state index in [9.17, 15) is 0 Å². The standard InChI is InChI=1S/C21H23ClN4/c22-18-8-6-15(7-9-18)11-16-3-1-4-17(12-16)20-13-21(23)26(25-20)19-5-2-10-24-14-19/h1,3-4,6-9,12-13,19,24H,2,5,10-11,14,23H2. The summed E-state index contributed by atoms with van der Waals surface area (Å²) >= 11 is 5.97. The summed E-state index contributed by atoms with van der Waals surface area (Å²) in [6.45, 7) is 2.01. The Labute approximate surface area is 159 Å². The van der Waals surface area contributed by atoms with Crippen molar-refractivity contribution in [1.82, 2.24) is 15.1 Å². The Morgan fingerprint density at radius 2 is 1.96 bits per heavy atom. The maximum absolute atomic E-state index is 6.25. The van der Waals surface area contributed by atoms with E-state index >= 15 is 0 Å². The second-order valence-electron chi connectivity index (χ2n) is 6.90. The van der Waals surface area contributed by atoms with Gasteiger partial charge in [0.15, 0.2) is 0 Å². The van der Waals surface area contributed by atoms with Crippen LogP contribution in [0.15, 0.2) is 54.6 Å². The normalized spacial score (nSPS) is 17.3. The van der Waals surface area contributed by atoms with E-state index < -0.39 is 0 Å². The summed E-state index contributed by atoms with van der Waals surface area (Å²) in [4.78, 5) is 0. The summed E-state index contributed by atoms with van der Waals surface area (Å²) in [6.07, 6.45) is 3.15. The monoisotopic (exact) mass is 366 g/mol. The molecule has 2 aromatic carbocycles. The summed E-state index contributed by atoms with van der Waals surface area (Å²) in [5.41, 5.74) is 10.8. The Bertz CT molecular complexity index is 879. The van der Waals surface area contributed by atoms with E-state index in [1.54, 1.807) is 0 Å². The van der Waals surface area contributed by atoms with Crippen LogP contribution in [-0.4, -0.2) is 22.9 Å². The second kappa shape index (κ2) is 7.52. The number of anilines is 1. The maximum Gasteiger partial charge on any atom is 0.122 e. The number of benzene rings is 2. The second-order valence-corrected chi connectivity index (χ2v) is 7.34. The van der Waals surface area contributed by atoms with Gasteiger partial charge < -0.3 is 11.1 Å². The SMILES string of the molecule is Nc1cc(-c2cccc(Cc3ccc(Cl)cc3)c2)nn1C1CCCNC1. The lowest BCUT2D eigenvalue weighted by Gasteiger charge is -2.23. The van der Waals surface area contributed by atoms with Gasteiger partial charge in [0, 0.05) is 23.2 Å². The van der Waals surface area contributed by atoms with Gasteiger partial charge in [0.25, 0.3) is 0 Å². The first kappa shape index (κ1) is 17.1. The number of rotatable bonds is 4. The summed E-state index contributed by atoms with van der Waals surface area (Å²) < 4.78 is 1.98. The molecule has 0 aliphatic carbocycles. The average Bonchev–Trinajstić information content (AvgIpc) is 3.06. The number of nitrogens with two attached hydrogens (primary N) is 1. The molecule has 4 nitrogen and oxygen atoms in total. The number of hydrogen-bond donors (Lipinski definition) is 2. The van der Waals surface area contributed by atoms with Gasteiger partial charge >= 0.3 is 0 Å². The molecule has 1 aliphatic heterocycles. The van der Waals surface area contributed by atoms with Crippen LogP contribution in [0.4, 0.5) is 5.82 Å². The third-order valence-corrected chi connectivity index (χ3v) is 5.18. The summed E-state index contributed by atoms with van der Waals surface area (Å²) in [6, 6.07) is 18.8. The lowest BCUT2D eigenvalue weighted by molar-refractivity contribution is 0.351. The number of nitrogens with one attached hydrogen (secondary N) is 1. The number of halogens is 1. The molecule has 26 heavy (non-hydrogen) atoms. The first-order chi connectivity index (χ1) is 12.7. The summed E-state index contributed by atoms with van der Waals surface area (Å²) in [5, 5.41) is 8.99. The minimum absolute atomic E-state index is 0.342. The fraction of sp³-hybridized carbons (Fsp3) is 0.286. The Kier molecular flexibility index (Phi) is 4.96. The van der Waals surface area contributed by atoms with Crippen LogP contribution in [0.5, 0.6) is 0 Å². The van der Waals surface area contributed by atoms with Crippen LogP contribution in [-0.2, 0) is 6.42 Å². The first-order valence-electron chi connectivity index (χ1n) is 9.08. The van der Waals surface area contributed by atoms with Gasteiger partial charge in [0.1, 0.15) is 5.82 Å². The van der Waals surface area contributed by atoms with Crippen molar-refractivity contribution in [2.75, 3.05) is 18.8 Å². The molecule has 1 saturated heterocycles. The van der Waals surface area contributed by atoms with E-state index in [-0.39, 0.29) is 0 Å². The van der Waals surface area contributed by atoms with E-state index in [1.165, 1.54) is 11.1 Å². The quantitative estimate of drug-likeness (QED) is 0.723. The highest BCUT2D eigenvalue weighted by molar-refractivity contribution is 6.30. The Balaban J connectivity index is 1.57. The van der Waals surface area contributed by atoms with Crippen molar-refractivity contribution in [2.45, 2.75) is 25.3 Å². The molecule has 0 radical (unpaired) electrons. The zero-order valence-corrected chi connectivity index (χ0v) is 15.4. The predicted octanol–water partition coefficient (Wildman–Crippen LogP) is 4.30. The van der Waals surface area contributed by atoms with Crippen molar-refractivity contribution in [3.05, 3.63) is 70.7 Å². The predicted molar refractivity (Wildman–Crippen MR) is 107 cm³/mol. The zero-order chi connectivity index (χ0) is 17.9. The van der Waals surface area contributed by atoms with Crippen molar-refractivity contribution in [3.8, 4) is 11.3 Å². The van der Waals surface area contributed by atoms with Crippen molar-refractivity contribution in [2.24, 2.45) is 0 Å². The van der Waals surface area contributed by atoms with Gasteiger partial charge in [0.2, 0.25) is 0 Å². The fourth-order valence-electron chi connectivity index (χ4n) is 3.56. The number of hydrogen-bond acceptors (Lipinski definition) is 3. The van der Waals surface area contributed by atoms with Crippen LogP contribution in [0.25, 0.3) is 11.3 Å². The van der Waals surface area contributed by atoms with Gasteiger partial charge in [-0.05, 0) is 55.1 Å². The molecule has 1 atom stereocenters. The molecule has 1 unspecified atom stereocenters. The number of aromatic nitrogens is 2. The highest BCUT2D eigenvalue weighted by atomic mass is 35.5. The number of nitrogens with zero attached hydrogens (tertiary/aromatic N) is 2. The molecule has 2 heterocycles. The fourth-order valence-corrected chi connectivity index (χ4v) is 3.69. The molecule has 5 heteroatoms. The van der Waals surface area contributed by atoms with Crippen molar-refractivity contribution >= 4 is 17.4 Å². The highest BCUT2D eigenvalue weighted by Crippen LogP contribution is 2.26. The molecule has 134 valence electrons. The molecule has 0 bridgehead atoms. The van der Waals surface area contributed by atoms with Gasteiger partial charge in [-0.3, -0.25) is 0 Å². The van der Waals surface area contributed by atoms with E-state index in [0.717, 1.165) is 54.4 Å². The minimum Gasteiger partial charge on any atom is -0.384 e.